The first kappa shape index (κ1) is 20.2. The molecule has 2 aromatic carbocycles. The molecule has 0 aliphatic carbocycles. The second-order valence-electron chi connectivity index (χ2n) is 7.18. The molecule has 0 fully saturated rings. The van der Waals surface area contributed by atoms with Gasteiger partial charge in [0, 0.05) is 6.54 Å². The standard InChI is InChI=1S/C21H27NO3S/c1-17-7-13-20(14-8-17)26(23,24)22-16-21(2,3)15-5-6-18-9-11-19(25-4)12-10-18/h5-14,22H,15-16H2,1-4H3/b6-5+. The first-order valence-electron chi connectivity index (χ1n) is 8.59. The highest BCUT2D eigenvalue weighted by molar-refractivity contribution is 7.89. The van der Waals surface area contributed by atoms with Gasteiger partial charge in [0.05, 0.1) is 12.0 Å². The van der Waals surface area contributed by atoms with Crippen molar-refractivity contribution in [3.8, 4) is 5.75 Å². The maximum Gasteiger partial charge on any atom is 0.240 e. The molecule has 0 aliphatic heterocycles. The van der Waals surface area contributed by atoms with Crippen LogP contribution in [0.1, 0.15) is 31.4 Å². The number of methoxy groups -OCH3 is 1. The summed E-state index contributed by atoms with van der Waals surface area (Å²) in [5, 5.41) is 0. The fourth-order valence-electron chi connectivity index (χ4n) is 2.39. The predicted octanol–water partition coefficient (Wildman–Crippen LogP) is 4.41. The van der Waals surface area contributed by atoms with Crippen LogP contribution in [0, 0.1) is 12.3 Å². The zero-order valence-corrected chi connectivity index (χ0v) is 16.6. The van der Waals surface area contributed by atoms with Gasteiger partial charge in [-0.2, -0.15) is 0 Å². The van der Waals surface area contributed by atoms with Crippen LogP contribution >= 0.6 is 0 Å². The smallest absolute Gasteiger partial charge is 0.240 e. The van der Waals surface area contributed by atoms with Gasteiger partial charge in [0.1, 0.15) is 5.75 Å². The minimum absolute atomic E-state index is 0.194. The van der Waals surface area contributed by atoms with Gasteiger partial charge in [-0.25, -0.2) is 13.1 Å². The van der Waals surface area contributed by atoms with E-state index in [1.54, 1.807) is 31.4 Å². The SMILES string of the molecule is COc1ccc(/C=C/CC(C)(C)CNS(=O)(=O)c2ccc(C)cc2)cc1. The van der Waals surface area contributed by atoms with Crippen molar-refractivity contribution in [3.63, 3.8) is 0 Å². The fourth-order valence-corrected chi connectivity index (χ4v) is 3.63. The number of hydrogen-bond donors (Lipinski definition) is 1. The van der Waals surface area contributed by atoms with Gasteiger partial charge in [0.25, 0.3) is 0 Å². The van der Waals surface area contributed by atoms with Crippen molar-refractivity contribution in [2.45, 2.75) is 32.1 Å². The van der Waals surface area contributed by atoms with Gasteiger partial charge in [-0.15, -0.1) is 0 Å². The van der Waals surface area contributed by atoms with Gasteiger partial charge in [-0.05, 0) is 48.6 Å². The van der Waals surface area contributed by atoms with Crippen LogP contribution in [0.4, 0.5) is 0 Å². The van der Waals surface area contributed by atoms with Crippen molar-refractivity contribution < 1.29 is 13.2 Å². The summed E-state index contributed by atoms with van der Waals surface area (Å²) in [7, 11) is -1.84. The molecular weight excluding hydrogens is 346 g/mol. The third-order valence-electron chi connectivity index (χ3n) is 4.17. The Bertz CT molecular complexity index is 836. The highest BCUT2D eigenvalue weighted by atomic mass is 32.2. The topological polar surface area (TPSA) is 55.4 Å². The largest absolute Gasteiger partial charge is 0.497 e. The maximum atomic E-state index is 12.4. The summed E-state index contributed by atoms with van der Waals surface area (Å²) < 4.78 is 32.7. The lowest BCUT2D eigenvalue weighted by Gasteiger charge is -2.23. The third-order valence-corrected chi connectivity index (χ3v) is 5.59. The summed E-state index contributed by atoms with van der Waals surface area (Å²) in [6.45, 7) is 6.39. The van der Waals surface area contributed by atoms with E-state index < -0.39 is 10.0 Å². The van der Waals surface area contributed by atoms with Crippen LogP contribution < -0.4 is 9.46 Å². The second kappa shape index (κ2) is 8.52. The van der Waals surface area contributed by atoms with Crippen LogP contribution in [0.5, 0.6) is 5.75 Å². The van der Waals surface area contributed by atoms with E-state index in [1.165, 1.54) is 0 Å². The molecule has 0 unspecified atom stereocenters. The minimum Gasteiger partial charge on any atom is -0.497 e. The van der Waals surface area contributed by atoms with E-state index in [-0.39, 0.29) is 5.41 Å². The van der Waals surface area contributed by atoms with Gasteiger partial charge in [0.15, 0.2) is 0 Å². The monoisotopic (exact) mass is 373 g/mol. The van der Waals surface area contributed by atoms with Crippen molar-refractivity contribution >= 4 is 16.1 Å². The fraction of sp³-hybridized carbons (Fsp3) is 0.333. The molecule has 0 radical (unpaired) electrons. The number of benzene rings is 2. The van der Waals surface area contributed by atoms with E-state index in [1.807, 2.05) is 51.1 Å². The summed E-state index contributed by atoms with van der Waals surface area (Å²) in [5.74, 6) is 0.827. The molecule has 26 heavy (non-hydrogen) atoms. The molecule has 0 heterocycles. The first-order valence-corrected chi connectivity index (χ1v) is 10.1. The van der Waals surface area contributed by atoms with Gasteiger partial charge in [0.2, 0.25) is 10.0 Å². The molecule has 140 valence electrons. The van der Waals surface area contributed by atoms with Gasteiger partial charge >= 0.3 is 0 Å². The summed E-state index contributed by atoms with van der Waals surface area (Å²) in [4.78, 5) is 0.299. The van der Waals surface area contributed by atoms with Crippen LogP contribution in [0.15, 0.2) is 59.5 Å². The lowest BCUT2D eigenvalue weighted by atomic mass is 9.89. The molecule has 0 saturated carbocycles. The minimum atomic E-state index is -3.48. The van der Waals surface area contributed by atoms with Gasteiger partial charge in [-0.3, -0.25) is 0 Å². The highest BCUT2D eigenvalue weighted by Gasteiger charge is 2.21. The summed E-state index contributed by atoms with van der Waals surface area (Å²) in [5.41, 5.74) is 1.93. The average Bonchev–Trinajstić information content (AvgIpc) is 2.61. The highest BCUT2D eigenvalue weighted by Crippen LogP contribution is 2.22. The van der Waals surface area contributed by atoms with Crippen LogP contribution in [0.3, 0.4) is 0 Å². The van der Waals surface area contributed by atoms with E-state index in [4.69, 9.17) is 4.74 Å². The molecule has 0 atom stereocenters. The van der Waals surface area contributed by atoms with Crippen molar-refractivity contribution in [1.29, 1.82) is 0 Å². The van der Waals surface area contributed by atoms with Crippen molar-refractivity contribution in [2.24, 2.45) is 5.41 Å². The van der Waals surface area contributed by atoms with Crippen LogP contribution in [-0.2, 0) is 10.0 Å². The summed E-state index contributed by atoms with van der Waals surface area (Å²) >= 11 is 0. The van der Waals surface area contributed by atoms with Crippen LogP contribution in [0.2, 0.25) is 0 Å². The number of aryl methyl sites for hydroxylation is 1. The lowest BCUT2D eigenvalue weighted by Crippen LogP contribution is -2.33. The molecule has 2 aromatic rings. The van der Waals surface area contributed by atoms with Crippen molar-refractivity contribution in [2.75, 3.05) is 13.7 Å². The molecule has 0 spiro atoms. The Morgan fingerprint density at radius 2 is 1.65 bits per heavy atom. The Hall–Kier alpha value is -2.11. The molecule has 0 saturated heterocycles. The van der Waals surface area contributed by atoms with Crippen molar-refractivity contribution in [1.82, 2.24) is 4.72 Å². The number of hydrogen-bond acceptors (Lipinski definition) is 3. The Kier molecular flexibility index (Phi) is 6.62. The van der Waals surface area contributed by atoms with E-state index in [0.717, 1.165) is 23.3 Å². The molecule has 1 N–H and O–H groups in total. The zero-order valence-electron chi connectivity index (χ0n) is 15.8. The predicted molar refractivity (Wildman–Crippen MR) is 107 cm³/mol. The number of nitrogens with one attached hydrogen (secondary N) is 1. The molecule has 0 aliphatic rings. The number of allylic oxidation sites excluding steroid dienone is 1. The molecule has 5 heteroatoms. The van der Waals surface area contributed by atoms with Gasteiger partial charge in [-0.1, -0.05) is 55.8 Å². The lowest BCUT2D eigenvalue weighted by molar-refractivity contribution is 0.369. The van der Waals surface area contributed by atoms with E-state index >= 15 is 0 Å². The molecule has 0 amide bonds. The van der Waals surface area contributed by atoms with Crippen LogP contribution in [-0.4, -0.2) is 22.1 Å². The first-order chi connectivity index (χ1) is 12.2. The van der Waals surface area contributed by atoms with Crippen LogP contribution in [0.25, 0.3) is 6.08 Å². The molecule has 0 aromatic heterocycles. The molecule has 2 rings (SSSR count). The number of ether oxygens (including phenoxy) is 1. The van der Waals surface area contributed by atoms with E-state index in [9.17, 15) is 8.42 Å². The Balaban J connectivity index is 1.92. The Morgan fingerprint density at radius 3 is 2.23 bits per heavy atom. The Morgan fingerprint density at radius 1 is 1.04 bits per heavy atom. The zero-order chi connectivity index (χ0) is 19.2. The summed E-state index contributed by atoms with van der Waals surface area (Å²) in [6.07, 6.45) is 4.87. The molecular formula is C21H27NO3S. The quantitative estimate of drug-likeness (QED) is 0.745. The Labute approximate surface area is 157 Å². The molecule has 4 nitrogen and oxygen atoms in total. The molecule has 0 bridgehead atoms. The maximum absolute atomic E-state index is 12.4. The summed E-state index contributed by atoms with van der Waals surface area (Å²) in [6, 6.07) is 14.7. The van der Waals surface area contributed by atoms with Crippen molar-refractivity contribution in [3.05, 3.63) is 65.7 Å². The third kappa shape index (κ3) is 6.00. The number of sulfonamides is 1. The number of rotatable bonds is 8. The average molecular weight is 374 g/mol. The normalized spacial score (nSPS) is 12.5. The second-order valence-corrected chi connectivity index (χ2v) is 8.95. The van der Waals surface area contributed by atoms with E-state index in [2.05, 4.69) is 10.8 Å². The van der Waals surface area contributed by atoms with E-state index in [0.29, 0.717) is 11.4 Å². The van der Waals surface area contributed by atoms with Gasteiger partial charge < -0.3 is 4.74 Å².